The van der Waals surface area contributed by atoms with Crippen LogP contribution in [0.4, 0.5) is 0 Å². The highest BCUT2D eigenvalue weighted by molar-refractivity contribution is 6.23. The van der Waals surface area contributed by atoms with E-state index >= 15 is 0 Å². The van der Waals surface area contributed by atoms with Crippen LogP contribution < -0.4 is 0 Å². The van der Waals surface area contributed by atoms with Crippen LogP contribution >= 0.6 is 0 Å². The Labute approximate surface area is 327 Å². The van der Waals surface area contributed by atoms with E-state index in [0.29, 0.717) is 5.82 Å². The molecule has 0 fully saturated rings. The largest absolute Gasteiger partial charge is 0.307 e. The molecule has 4 heterocycles. The number of fused-ring (bicyclic) bond motifs is 10. The van der Waals surface area contributed by atoms with Crippen LogP contribution in [-0.2, 0) is 0 Å². The number of nitrogens with zero attached hydrogens (tertiary/aromatic N) is 5. The molecule has 0 saturated carbocycles. The number of hydrogen-bond acceptors (Lipinski definition) is 2. The molecule has 0 saturated heterocycles. The van der Waals surface area contributed by atoms with Crippen molar-refractivity contribution in [1.29, 1.82) is 0 Å². The van der Waals surface area contributed by atoms with Gasteiger partial charge in [-0.2, -0.15) is 0 Å². The molecular weight excluding hydrogens is 695 g/mol. The van der Waals surface area contributed by atoms with E-state index in [9.17, 15) is 0 Å². The van der Waals surface area contributed by atoms with Crippen molar-refractivity contribution < 1.29 is 0 Å². The van der Waals surface area contributed by atoms with E-state index < -0.39 is 0 Å². The SMILES string of the molecule is c1ccc(-c2cc(-c3ccccc3)nc(-c3ccc(-n4c5ccccc5c5ccc6c7ccccc7n(-n7c8ccccc8c8ccccc87)c6c54)cc3)n2)cc1. The summed E-state index contributed by atoms with van der Waals surface area (Å²) in [5.41, 5.74) is 12.9. The normalized spacial score (nSPS) is 11.9. The molecule has 0 bridgehead atoms. The second kappa shape index (κ2) is 12.4. The van der Waals surface area contributed by atoms with Gasteiger partial charge in [-0.25, -0.2) is 19.3 Å². The summed E-state index contributed by atoms with van der Waals surface area (Å²) in [5.74, 6) is 0.692. The standard InChI is InChI=1S/C52H33N5/c1-3-15-34(16-4-1)44-33-45(35-17-5-2-6-18-35)54-52(53-44)36-27-29-37(30-28-36)55-46-23-11-7-21-40(46)42-31-32-43-41-22-10-14-26-49(41)57(51(43)50(42)55)56-47-24-12-8-19-38(47)39-20-9-13-25-48(39)56/h1-33H. The maximum atomic E-state index is 5.12. The maximum absolute atomic E-state index is 5.12. The summed E-state index contributed by atoms with van der Waals surface area (Å²) in [6, 6.07) is 71.2. The van der Waals surface area contributed by atoms with E-state index in [4.69, 9.17) is 9.97 Å². The minimum absolute atomic E-state index is 0.692. The Morgan fingerprint density at radius 1 is 0.298 bits per heavy atom. The number of hydrogen-bond donors (Lipinski definition) is 0. The average Bonchev–Trinajstić information content (AvgIpc) is 3.92. The van der Waals surface area contributed by atoms with Gasteiger partial charge in [0.1, 0.15) is 0 Å². The van der Waals surface area contributed by atoms with Crippen molar-refractivity contribution in [3.63, 3.8) is 0 Å². The van der Waals surface area contributed by atoms with Gasteiger partial charge in [0.05, 0.1) is 44.5 Å². The molecule has 0 aliphatic rings. The Kier molecular flexibility index (Phi) is 6.86. The summed E-state index contributed by atoms with van der Waals surface area (Å²) in [5, 5.41) is 7.31. The molecule has 12 rings (SSSR count). The lowest BCUT2D eigenvalue weighted by atomic mass is 10.1. The van der Waals surface area contributed by atoms with Crippen LogP contribution in [-0.4, -0.2) is 23.9 Å². The van der Waals surface area contributed by atoms with Crippen LogP contribution in [0.15, 0.2) is 200 Å². The molecule has 12 aromatic rings. The van der Waals surface area contributed by atoms with Crippen molar-refractivity contribution in [2.75, 3.05) is 0 Å². The van der Waals surface area contributed by atoms with E-state index in [1.54, 1.807) is 0 Å². The van der Waals surface area contributed by atoms with Crippen molar-refractivity contribution in [3.8, 4) is 39.6 Å². The molecule has 266 valence electrons. The molecule has 0 spiro atoms. The van der Waals surface area contributed by atoms with Crippen molar-refractivity contribution in [2.45, 2.75) is 0 Å². The van der Waals surface area contributed by atoms with E-state index in [0.717, 1.165) is 66.9 Å². The van der Waals surface area contributed by atoms with Gasteiger partial charge < -0.3 is 4.57 Å². The number of para-hydroxylation sites is 4. The van der Waals surface area contributed by atoms with Crippen LogP contribution in [0.25, 0.3) is 105 Å². The minimum Gasteiger partial charge on any atom is -0.307 e. The molecule has 8 aromatic carbocycles. The average molecular weight is 728 g/mol. The molecule has 0 amide bonds. The highest BCUT2D eigenvalue weighted by atomic mass is 15.5. The predicted molar refractivity (Wildman–Crippen MR) is 236 cm³/mol. The second-order valence-electron chi connectivity index (χ2n) is 14.6. The zero-order chi connectivity index (χ0) is 37.5. The molecular formula is C52H33N5. The first kappa shape index (κ1) is 31.6. The van der Waals surface area contributed by atoms with Gasteiger partial charge in [-0.15, -0.1) is 0 Å². The summed E-state index contributed by atoms with van der Waals surface area (Å²) in [4.78, 5) is 10.2. The van der Waals surface area contributed by atoms with Crippen LogP contribution in [0.3, 0.4) is 0 Å². The highest BCUT2D eigenvalue weighted by Gasteiger charge is 2.23. The van der Waals surface area contributed by atoms with E-state index in [2.05, 4.69) is 202 Å². The Morgan fingerprint density at radius 3 is 1.26 bits per heavy atom. The minimum atomic E-state index is 0.692. The number of aromatic nitrogens is 5. The van der Waals surface area contributed by atoms with Gasteiger partial charge in [0.2, 0.25) is 0 Å². The summed E-state index contributed by atoms with van der Waals surface area (Å²) < 4.78 is 7.31. The quantitative estimate of drug-likeness (QED) is 0.177. The van der Waals surface area contributed by atoms with Gasteiger partial charge in [0.25, 0.3) is 0 Å². The van der Waals surface area contributed by atoms with Gasteiger partial charge >= 0.3 is 0 Å². The Balaban J connectivity index is 1.13. The predicted octanol–water partition coefficient (Wildman–Crippen LogP) is 13.1. The van der Waals surface area contributed by atoms with E-state index in [-0.39, 0.29) is 0 Å². The van der Waals surface area contributed by atoms with Crippen molar-refractivity contribution >= 4 is 65.4 Å². The maximum Gasteiger partial charge on any atom is 0.160 e. The zero-order valence-electron chi connectivity index (χ0n) is 30.8. The summed E-state index contributed by atoms with van der Waals surface area (Å²) in [6.45, 7) is 0. The first-order valence-electron chi connectivity index (χ1n) is 19.3. The third-order valence-corrected chi connectivity index (χ3v) is 11.4. The Bertz CT molecular complexity index is 3390. The molecule has 0 unspecified atom stereocenters. The lowest BCUT2D eigenvalue weighted by Gasteiger charge is -2.15. The molecule has 0 aliphatic heterocycles. The van der Waals surface area contributed by atoms with Crippen molar-refractivity contribution in [2.24, 2.45) is 0 Å². The van der Waals surface area contributed by atoms with Crippen molar-refractivity contribution in [3.05, 3.63) is 200 Å². The molecule has 4 aromatic heterocycles. The van der Waals surface area contributed by atoms with E-state index in [1.807, 2.05) is 12.1 Å². The first-order valence-corrected chi connectivity index (χ1v) is 19.3. The van der Waals surface area contributed by atoms with Crippen LogP contribution in [0.1, 0.15) is 0 Å². The molecule has 0 N–H and O–H groups in total. The molecule has 0 aliphatic carbocycles. The fourth-order valence-electron chi connectivity index (χ4n) is 8.92. The smallest absolute Gasteiger partial charge is 0.160 e. The van der Waals surface area contributed by atoms with Crippen molar-refractivity contribution in [1.82, 2.24) is 23.9 Å². The Morgan fingerprint density at radius 2 is 0.719 bits per heavy atom. The molecule has 5 nitrogen and oxygen atoms in total. The number of benzene rings is 8. The topological polar surface area (TPSA) is 40.6 Å². The van der Waals surface area contributed by atoms with Crippen LogP contribution in [0.2, 0.25) is 0 Å². The summed E-state index contributed by atoms with van der Waals surface area (Å²) in [6.07, 6.45) is 0. The lowest BCUT2D eigenvalue weighted by molar-refractivity contribution is 0.776. The second-order valence-corrected chi connectivity index (χ2v) is 14.6. The lowest BCUT2D eigenvalue weighted by Crippen LogP contribution is -2.09. The van der Waals surface area contributed by atoms with Gasteiger partial charge in [-0.1, -0.05) is 146 Å². The van der Waals surface area contributed by atoms with Gasteiger partial charge in [-0.3, -0.25) is 0 Å². The zero-order valence-corrected chi connectivity index (χ0v) is 30.8. The molecule has 57 heavy (non-hydrogen) atoms. The Hall–Kier alpha value is -7.76. The molecule has 5 heteroatoms. The van der Waals surface area contributed by atoms with Crippen LogP contribution in [0, 0.1) is 0 Å². The van der Waals surface area contributed by atoms with Gasteiger partial charge in [-0.05, 0) is 54.6 Å². The number of rotatable bonds is 5. The third kappa shape index (κ3) is 4.76. The monoisotopic (exact) mass is 727 g/mol. The molecule has 0 radical (unpaired) electrons. The van der Waals surface area contributed by atoms with Gasteiger partial charge in [0, 0.05) is 54.7 Å². The summed E-state index contributed by atoms with van der Waals surface area (Å²) in [7, 11) is 0. The van der Waals surface area contributed by atoms with Crippen LogP contribution in [0.5, 0.6) is 0 Å². The summed E-state index contributed by atoms with van der Waals surface area (Å²) >= 11 is 0. The highest BCUT2D eigenvalue weighted by Crippen LogP contribution is 2.42. The third-order valence-electron chi connectivity index (χ3n) is 11.4. The molecule has 0 atom stereocenters. The fraction of sp³-hybridized carbons (Fsp3) is 0. The van der Waals surface area contributed by atoms with E-state index in [1.165, 1.54) is 32.3 Å². The first-order chi connectivity index (χ1) is 28.3. The fourth-order valence-corrected chi connectivity index (χ4v) is 8.92. The van der Waals surface area contributed by atoms with Gasteiger partial charge in [0.15, 0.2) is 5.82 Å².